The van der Waals surface area contributed by atoms with Crippen molar-refractivity contribution in [1.29, 1.82) is 0 Å². The summed E-state index contributed by atoms with van der Waals surface area (Å²) in [7, 11) is 0. The van der Waals surface area contributed by atoms with Gasteiger partial charge in [-0.3, -0.25) is 9.59 Å². The maximum Gasteiger partial charge on any atom is 0.251 e. The van der Waals surface area contributed by atoms with Crippen LogP contribution in [0.5, 0.6) is 0 Å². The van der Waals surface area contributed by atoms with E-state index in [1.54, 1.807) is 23.5 Å². The van der Waals surface area contributed by atoms with Crippen molar-refractivity contribution in [3.63, 3.8) is 0 Å². The zero-order valence-electron chi connectivity index (χ0n) is 12.4. The molecule has 0 atom stereocenters. The zero-order chi connectivity index (χ0) is 15.6. The third kappa shape index (κ3) is 5.69. The van der Waals surface area contributed by atoms with Gasteiger partial charge in [0.25, 0.3) is 5.91 Å². The molecule has 0 saturated heterocycles. The maximum atomic E-state index is 11.8. The lowest BCUT2D eigenvalue weighted by molar-refractivity contribution is -0.121. The van der Waals surface area contributed by atoms with Gasteiger partial charge in [0, 0.05) is 30.0 Å². The van der Waals surface area contributed by atoms with Gasteiger partial charge < -0.3 is 10.6 Å². The van der Waals surface area contributed by atoms with Gasteiger partial charge in [-0.1, -0.05) is 24.3 Å². The Morgan fingerprint density at radius 2 is 1.73 bits per heavy atom. The van der Waals surface area contributed by atoms with Crippen LogP contribution in [0.15, 0.2) is 47.8 Å². The van der Waals surface area contributed by atoms with Crippen LogP contribution in [0.3, 0.4) is 0 Å². The molecule has 1 heterocycles. The Morgan fingerprint density at radius 3 is 2.45 bits per heavy atom. The molecule has 2 N–H and O–H groups in total. The number of rotatable bonds is 8. The molecule has 0 spiro atoms. The normalized spacial score (nSPS) is 10.2. The zero-order valence-corrected chi connectivity index (χ0v) is 13.2. The quantitative estimate of drug-likeness (QED) is 0.736. The summed E-state index contributed by atoms with van der Waals surface area (Å²) in [5, 5.41) is 7.65. The number of hydrogen-bond donors (Lipinski definition) is 2. The molecule has 1 aromatic heterocycles. The number of carbonyl (C=O) groups excluding carboxylic acids is 2. The summed E-state index contributed by atoms with van der Waals surface area (Å²) in [4.78, 5) is 24.7. The molecule has 0 saturated carbocycles. The largest absolute Gasteiger partial charge is 0.354 e. The van der Waals surface area contributed by atoms with E-state index < -0.39 is 0 Å². The van der Waals surface area contributed by atoms with E-state index in [2.05, 4.69) is 16.7 Å². The van der Waals surface area contributed by atoms with Crippen molar-refractivity contribution in [2.75, 3.05) is 13.1 Å². The highest BCUT2D eigenvalue weighted by molar-refractivity contribution is 7.09. The van der Waals surface area contributed by atoms with Gasteiger partial charge in [-0.25, -0.2) is 0 Å². The number of thiophene rings is 1. The van der Waals surface area contributed by atoms with Crippen molar-refractivity contribution >= 4 is 23.2 Å². The first-order valence-electron chi connectivity index (χ1n) is 7.38. The van der Waals surface area contributed by atoms with Gasteiger partial charge in [-0.2, -0.15) is 0 Å². The van der Waals surface area contributed by atoms with Gasteiger partial charge in [0.1, 0.15) is 0 Å². The summed E-state index contributed by atoms with van der Waals surface area (Å²) in [6.07, 6.45) is 2.31. The van der Waals surface area contributed by atoms with Crippen LogP contribution in [-0.4, -0.2) is 24.9 Å². The fourth-order valence-electron chi connectivity index (χ4n) is 2.04. The highest BCUT2D eigenvalue weighted by Gasteiger charge is 2.04. The first-order chi connectivity index (χ1) is 10.8. The van der Waals surface area contributed by atoms with E-state index in [9.17, 15) is 9.59 Å². The molecule has 0 bridgehead atoms. The van der Waals surface area contributed by atoms with Gasteiger partial charge in [0.15, 0.2) is 0 Å². The van der Waals surface area contributed by atoms with Crippen molar-refractivity contribution in [1.82, 2.24) is 10.6 Å². The second-order valence-electron chi connectivity index (χ2n) is 4.90. The van der Waals surface area contributed by atoms with E-state index >= 15 is 0 Å². The van der Waals surface area contributed by atoms with Gasteiger partial charge in [-0.15, -0.1) is 11.3 Å². The Bertz CT molecular complexity index is 582. The van der Waals surface area contributed by atoms with Crippen LogP contribution >= 0.6 is 11.3 Å². The summed E-state index contributed by atoms with van der Waals surface area (Å²) in [5.74, 6) is -0.0851. The van der Waals surface area contributed by atoms with E-state index in [1.165, 1.54) is 4.88 Å². The van der Waals surface area contributed by atoms with E-state index in [0.29, 0.717) is 25.1 Å². The highest BCUT2D eigenvalue weighted by atomic mass is 32.1. The molecule has 0 aliphatic rings. The van der Waals surface area contributed by atoms with Crippen LogP contribution in [0.1, 0.15) is 28.1 Å². The van der Waals surface area contributed by atoms with Crippen LogP contribution < -0.4 is 10.6 Å². The highest BCUT2D eigenvalue weighted by Crippen LogP contribution is 2.11. The minimum atomic E-state index is -0.118. The standard InChI is InChI=1S/C17H20N2O2S/c20-16(10-4-8-15-9-5-13-22-15)18-11-12-19-17(21)14-6-2-1-3-7-14/h1-3,5-7,9,13H,4,8,10-12H2,(H,18,20)(H,19,21). The number of benzene rings is 1. The molecule has 0 aliphatic heterocycles. The lowest BCUT2D eigenvalue weighted by Crippen LogP contribution is -2.34. The van der Waals surface area contributed by atoms with Crippen molar-refractivity contribution in [2.45, 2.75) is 19.3 Å². The molecular weight excluding hydrogens is 296 g/mol. The molecule has 0 aliphatic carbocycles. The van der Waals surface area contributed by atoms with Gasteiger partial charge in [0.2, 0.25) is 5.91 Å². The molecule has 0 unspecified atom stereocenters. The third-order valence-electron chi connectivity index (χ3n) is 3.18. The first-order valence-corrected chi connectivity index (χ1v) is 8.26. The maximum absolute atomic E-state index is 11.8. The Hall–Kier alpha value is -2.14. The van der Waals surface area contributed by atoms with Gasteiger partial charge >= 0.3 is 0 Å². The lowest BCUT2D eigenvalue weighted by atomic mass is 10.2. The van der Waals surface area contributed by atoms with Crippen LogP contribution in [-0.2, 0) is 11.2 Å². The topological polar surface area (TPSA) is 58.2 Å². The van der Waals surface area contributed by atoms with E-state index in [-0.39, 0.29) is 11.8 Å². The minimum absolute atomic E-state index is 0.0329. The van der Waals surface area contributed by atoms with Crippen LogP contribution in [0.25, 0.3) is 0 Å². The van der Waals surface area contributed by atoms with Crippen LogP contribution in [0.2, 0.25) is 0 Å². The summed E-state index contributed by atoms with van der Waals surface area (Å²) in [6, 6.07) is 13.1. The molecule has 5 heteroatoms. The molecular formula is C17H20N2O2S. The predicted octanol–water partition coefficient (Wildman–Crippen LogP) is 2.62. The second-order valence-corrected chi connectivity index (χ2v) is 5.94. The SMILES string of the molecule is O=C(CCCc1cccs1)NCCNC(=O)c1ccccc1. The fraction of sp³-hybridized carbons (Fsp3) is 0.294. The molecule has 0 fully saturated rings. The van der Waals surface area contributed by atoms with Gasteiger partial charge in [0.05, 0.1) is 0 Å². The molecule has 22 heavy (non-hydrogen) atoms. The molecule has 0 radical (unpaired) electrons. The molecule has 1 aromatic carbocycles. The Balaban J connectivity index is 1.54. The predicted molar refractivity (Wildman–Crippen MR) is 89.0 cm³/mol. The smallest absolute Gasteiger partial charge is 0.251 e. The van der Waals surface area contributed by atoms with Crippen molar-refractivity contribution in [3.8, 4) is 0 Å². The van der Waals surface area contributed by atoms with E-state index in [1.807, 2.05) is 29.6 Å². The minimum Gasteiger partial charge on any atom is -0.354 e. The van der Waals surface area contributed by atoms with Crippen molar-refractivity contribution < 1.29 is 9.59 Å². The van der Waals surface area contributed by atoms with Crippen molar-refractivity contribution in [2.24, 2.45) is 0 Å². The Morgan fingerprint density at radius 1 is 0.955 bits per heavy atom. The monoisotopic (exact) mass is 316 g/mol. The number of carbonyl (C=O) groups is 2. The summed E-state index contributed by atoms with van der Waals surface area (Å²) in [5.41, 5.74) is 0.629. The number of hydrogen-bond acceptors (Lipinski definition) is 3. The lowest BCUT2D eigenvalue weighted by Gasteiger charge is -2.07. The molecule has 4 nitrogen and oxygen atoms in total. The molecule has 2 aromatic rings. The average molecular weight is 316 g/mol. The second kappa shape index (κ2) is 9.00. The van der Waals surface area contributed by atoms with Crippen molar-refractivity contribution in [3.05, 3.63) is 58.3 Å². The summed E-state index contributed by atoms with van der Waals surface area (Å²) < 4.78 is 0. The third-order valence-corrected chi connectivity index (χ3v) is 4.11. The number of amides is 2. The Kier molecular flexibility index (Phi) is 6.64. The van der Waals surface area contributed by atoms with E-state index in [0.717, 1.165) is 12.8 Å². The summed E-state index contributed by atoms with van der Waals surface area (Å²) in [6.45, 7) is 0.890. The fourth-order valence-corrected chi connectivity index (χ4v) is 2.79. The molecule has 2 amide bonds. The van der Waals surface area contributed by atoms with Crippen LogP contribution in [0.4, 0.5) is 0 Å². The van der Waals surface area contributed by atoms with Crippen LogP contribution in [0, 0.1) is 0 Å². The first kappa shape index (κ1) is 16.2. The average Bonchev–Trinajstić information content (AvgIpc) is 3.05. The molecule has 2 rings (SSSR count). The number of nitrogens with one attached hydrogen (secondary N) is 2. The van der Waals surface area contributed by atoms with Gasteiger partial charge in [-0.05, 0) is 36.4 Å². The molecule has 116 valence electrons. The summed E-state index contributed by atoms with van der Waals surface area (Å²) >= 11 is 1.72. The Labute approximate surface area is 134 Å². The van der Waals surface area contributed by atoms with E-state index in [4.69, 9.17) is 0 Å². The number of aryl methyl sites for hydroxylation is 1.